The summed E-state index contributed by atoms with van der Waals surface area (Å²) >= 11 is 0. The van der Waals surface area contributed by atoms with Gasteiger partial charge in [0.2, 0.25) is 0 Å². The summed E-state index contributed by atoms with van der Waals surface area (Å²) in [5, 5.41) is 11.3. The fourth-order valence-electron chi connectivity index (χ4n) is 2.81. The lowest BCUT2D eigenvalue weighted by atomic mass is 9.98. The fraction of sp³-hybridized carbons (Fsp3) is 0.913. The first kappa shape index (κ1) is 27.0. The van der Waals surface area contributed by atoms with Gasteiger partial charge in [0, 0.05) is 13.0 Å². The molecule has 0 aromatic rings. The van der Waals surface area contributed by atoms with E-state index in [2.05, 4.69) is 81.2 Å². The topological polar surface area (TPSA) is 51.2 Å². The summed E-state index contributed by atoms with van der Waals surface area (Å²) in [6.45, 7) is 29.3. The molecule has 0 aromatic heterocycles. The molecule has 0 radical (unpaired) electrons. The van der Waals surface area contributed by atoms with Crippen molar-refractivity contribution in [3.63, 3.8) is 0 Å². The number of rotatable bonds is 11. The van der Waals surface area contributed by atoms with E-state index in [1.807, 2.05) is 6.08 Å². The molecule has 0 amide bonds. The lowest BCUT2D eigenvalue weighted by Gasteiger charge is -2.41. The molecular weight excluding hydrogens is 396 g/mol. The quantitative estimate of drug-likeness (QED) is 0.237. The van der Waals surface area contributed by atoms with Crippen LogP contribution in [-0.4, -0.2) is 52.8 Å². The van der Waals surface area contributed by atoms with Crippen LogP contribution in [0.3, 0.4) is 0 Å². The number of hydrogen-bond donors (Lipinski definition) is 1. The van der Waals surface area contributed by atoms with Crippen molar-refractivity contribution in [1.29, 1.82) is 0 Å². The lowest BCUT2D eigenvalue weighted by molar-refractivity contribution is 0.00191. The van der Waals surface area contributed by atoms with E-state index in [4.69, 9.17) is 13.6 Å². The third-order valence-electron chi connectivity index (χ3n) is 7.18. The number of aliphatic hydroxyl groups is 1. The van der Waals surface area contributed by atoms with Crippen LogP contribution >= 0.6 is 0 Å². The third kappa shape index (κ3) is 7.89. The van der Waals surface area contributed by atoms with Gasteiger partial charge in [0.1, 0.15) is 6.10 Å². The minimum absolute atomic E-state index is 0.0757. The van der Waals surface area contributed by atoms with E-state index in [9.17, 15) is 5.11 Å². The minimum atomic E-state index is -2.00. The standard InChI is InChI=1S/C23H48O4Si2/c1-13-19-21(26-19)15-18(24)20(27-29(11,12)23(6,7)8)14-17(2)16-25-28(9,10)22(3,4)5/h13,17-21,24H,1,14-16H2,2-12H3/t17-,18+,19+,20+,21+/m1/s1. The number of epoxide rings is 1. The summed E-state index contributed by atoms with van der Waals surface area (Å²) in [5.41, 5.74) is 0. The average molecular weight is 445 g/mol. The lowest BCUT2D eigenvalue weighted by Crippen LogP contribution is -2.48. The highest BCUT2D eigenvalue weighted by Crippen LogP contribution is 2.40. The number of ether oxygens (including phenoxy) is 1. The predicted molar refractivity (Wildman–Crippen MR) is 128 cm³/mol. The van der Waals surface area contributed by atoms with E-state index in [1.165, 1.54) is 0 Å². The first-order chi connectivity index (χ1) is 12.9. The van der Waals surface area contributed by atoms with Gasteiger partial charge in [-0.05, 0) is 48.6 Å². The largest absolute Gasteiger partial charge is 0.417 e. The van der Waals surface area contributed by atoms with E-state index < -0.39 is 22.7 Å². The normalized spacial score (nSPS) is 24.1. The van der Waals surface area contributed by atoms with Crippen LogP contribution in [0.25, 0.3) is 0 Å². The molecular formula is C23H48O4Si2. The molecule has 1 aliphatic heterocycles. The molecule has 0 saturated carbocycles. The maximum absolute atomic E-state index is 11.0. The highest BCUT2D eigenvalue weighted by Gasteiger charge is 2.44. The Bertz CT molecular complexity index is 534. The maximum atomic E-state index is 11.0. The van der Waals surface area contributed by atoms with Gasteiger partial charge >= 0.3 is 0 Å². The van der Waals surface area contributed by atoms with Crippen LogP contribution in [-0.2, 0) is 13.6 Å². The highest BCUT2D eigenvalue weighted by atomic mass is 28.4. The van der Waals surface area contributed by atoms with Gasteiger partial charge in [0.05, 0.1) is 18.3 Å². The summed E-state index contributed by atoms with van der Waals surface area (Å²) in [6, 6.07) is 0. The maximum Gasteiger partial charge on any atom is 0.192 e. The van der Waals surface area contributed by atoms with Crippen molar-refractivity contribution in [1.82, 2.24) is 0 Å². The van der Waals surface area contributed by atoms with Gasteiger partial charge in [-0.2, -0.15) is 0 Å². The SMILES string of the molecule is C=C[C@@H]1O[C@H]1C[C@H](O)[C@H](C[C@@H](C)CO[Si](C)(C)C(C)(C)C)O[Si](C)(C)C(C)(C)C. The van der Waals surface area contributed by atoms with Crippen molar-refractivity contribution in [3.05, 3.63) is 12.7 Å². The van der Waals surface area contributed by atoms with Gasteiger partial charge in [0.15, 0.2) is 16.6 Å². The van der Waals surface area contributed by atoms with Crippen molar-refractivity contribution in [2.75, 3.05) is 6.61 Å². The first-order valence-corrected chi connectivity index (χ1v) is 17.0. The Morgan fingerprint density at radius 1 is 1.03 bits per heavy atom. The zero-order valence-electron chi connectivity index (χ0n) is 21.0. The fourth-order valence-corrected chi connectivity index (χ4v) is 5.31. The summed E-state index contributed by atoms with van der Waals surface area (Å²) < 4.78 is 18.7. The molecule has 0 aromatic carbocycles. The Hall–Kier alpha value is 0.0138. The molecule has 1 aliphatic rings. The molecule has 4 nitrogen and oxygen atoms in total. The first-order valence-electron chi connectivity index (χ1n) is 11.2. The molecule has 1 rings (SSSR count). The molecule has 1 N–H and O–H groups in total. The Morgan fingerprint density at radius 2 is 1.55 bits per heavy atom. The molecule has 1 fully saturated rings. The summed E-state index contributed by atoms with van der Waals surface area (Å²) in [4.78, 5) is 0. The van der Waals surface area contributed by atoms with Crippen LogP contribution in [0.1, 0.15) is 61.3 Å². The Labute approximate surface area is 182 Å². The molecule has 0 bridgehead atoms. The van der Waals surface area contributed by atoms with E-state index in [0.717, 1.165) is 13.0 Å². The van der Waals surface area contributed by atoms with Crippen molar-refractivity contribution < 1.29 is 18.7 Å². The highest BCUT2D eigenvalue weighted by molar-refractivity contribution is 6.74. The second kappa shape index (κ2) is 9.66. The van der Waals surface area contributed by atoms with Crippen LogP contribution in [0, 0.1) is 5.92 Å². The van der Waals surface area contributed by atoms with E-state index in [1.54, 1.807) is 0 Å². The number of hydrogen-bond acceptors (Lipinski definition) is 4. The molecule has 5 atom stereocenters. The van der Waals surface area contributed by atoms with Crippen LogP contribution in [0.2, 0.25) is 36.3 Å². The zero-order valence-corrected chi connectivity index (χ0v) is 23.0. The predicted octanol–water partition coefficient (Wildman–Crippen LogP) is 6.13. The van der Waals surface area contributed by atoms with E-state index >= 15 is 0 Å². The zero-order chi connectivity index (χ0) is 22.8. The van der Waals surface area contributed by atoms with Crippen molar-refractivity contribution in [3.8, 4) is 0 Å². The molecule has 29 heavy (non-hydrogen) atoms. The molecule has 0 unspecified atom stereocenters. The minimum Gasteiger partial charge on any atom is -0.417 e. The van der Waals surface area contributed by atoms with Gasteiger partial charge < -0.3 is 18.7 Å². The molecule has 6 heteroatoms. The summed E-state index contributed by atoms with van der Waals surface area (Å²) in [5.74, 6) is 0.323. The number of aliphatic hydroxyl groups excluding tert-OH is 1. The summed E-state index contributed by atoms with van der Waals surface area (Å²) in [7, 11) is -3.77. The third-order valence-corrected chi connectivity index (χ3v) is 16.2. The Kier molecular flexibility index (Phi) is 9.01. The van der Waals surface area contributed by atoms with Crippen molar-refractivity contribution in [2.24, 2.45) is 5.92 Å². The Balaban J connectivity index is 2.80. The Morgan fingerprint density at radius 3 is 1.97 bits per heavy atom. The molecule has 172 valence electrons. The second-order valence-corrected chi connectivity index (χ2v) is 21.6. The molecule has 1 saturated heterocycles. The van der Waals surface area contributed by atoms with Crippen molar-refractivity contribution in [2.45, 2.75) is 122 Å². The van der Waals surface area contributed by atoms with Crippen molar-refractivity contribution >= 4 is 16.6 Å². The van der Waals surface area contributed by atoms with Crippen LogP contribution in [0.4, 0.5) is 0 Å². The van der Waals surface area contributed by atoms with E-state index in [0.29, 0.717) is 12.3 Å². The van der Waals surface area contributed by atoms with Gasteiger partial charge in [-0.3, -0.25) is 0 Å². The summed E-state index contributed by atoms with van der Waals surface area (Å²) in [6.07, 6.45) is 2.65. The van der Waals surface area contributed by atoms with E-state index in [-0.39, 0.29) is 28.4 Å². The van der Waals surface area contributed by atoms with Crippen LogP contribution in [0.15, 0.2) is 12.7 Å². The molecule has 0 aliphatic carbocycles. The molecule has 1 heterocycles. The van der Waals surface area contributed by atoms with Gasteiger partial charge in [0.25, 0.3) is 0 Å². The molecule has 0 spiro atoms. The van der Waals surface area contributed by atoms with Crippen LogP contribution < -0.4 is 0 Å². The van der Waals surface area contributed by atoms with Gasteiger partial charge in [-0.1, -0.05) is 54.5 Å². The smallest absolute Gasteiger partial charge is 0.192 e. The van der Waals surface area contributed by atoms with Gasteiger partial charge in [-0.25, -0.2) is 0 Å². The average Bonchev–Trinajstić information content (AvgIpc) is 3.28. The van der Waals surface area contributed by atoms with Gasteiger partial charge in [-0.15, -0.1) is 6.58 Å². The second-order valence-electron chi connectivity index (χ2n) is 12.0. The van der Waals surface area contributed by atoms with Crippen LogP contribution in [0.5, 0.6) is 0 Å². The monoisotopic (exact) mass is 444 g/mol.